The van der Waals surface area contributed by atoms with Gasteiger partial charge in [-0.3, -0.25) is 9.48 Å². The molecule has 1 fully saturated rings. The summed E-state index contributed by atoms with van der Waals surface area (Å²) in [6.45, 7) is 3.58. The molecular weight excluding hydrogens is 314 g/mol. The van der Waals surface area contributed by atoms with E-state index >= 15 is 0 Å². The fourth-order valence-corrected chi connectivity index (χ4v) is 3.50. The summed E-state index contributed by atoms with van der Waals surface area (Å²) in [7, 11) is 1.78. The molecule has 2 aromatic heterocycles. The van der Waals surface area contributed by atoms with E-state index in [1.165, 1.54) is 11.3 Å². The van der Waals surface area contributed by atoms with Crippen molar-refractivity contribution in [2.45, 2.75) is 13.3 Å². The highest BCUT2D eigenvalue weighted by Gasteiger charge is 2.30. The first kappa shape index (κ1) is 15.7. The van der Waals surface area contributed by atoms with E-state index in [0.29, 0.717) is 30.8 Å². The summed E-state index contributed by atoms with van der Waals surface area (Å²) in [6.07, 6.45) is 2.13. The van der Waals surface area contributed by atoms with Crippen molar-refractivity contribution in [3.05, 3.63) is 29.3 Å². The zero-order valence-corrected chi connectivity index (χ0v) is 14.0. The van der Waals surface area contributed by atoms with Gasteiger partial charge in [0.2, 0.25) is 5.91 Å². The first-order chi connectivity index (χ1) is 11.1. The number of likely N-dealkylation sites (tertiary alicyclic amines) is 1. The van der Waals surface area contributed by atoms with Gasteiger partial charge in [-0.1, -0.05) is 6.07 Å². The molecule has 0 spiro atoms. The summed E-state index contributed by atoms with van der Waals surface area (Å²) in [4.78, 5) is 26.8. The standard InChI is InChI=1S/C16H19N3O3S/c1-3-19-8-11(7-14(19)20)10-22-16(21)12-9-18(2)17-15(12)13-5-4-6-23-13/h4-6,9,11H,3,7-8,10H2,1-2H3/t11-/m1/s1. The van der Waals surface area contributed by atoms with Crippen LogP contribution >= 0.6 is 11.3 Å². The van der Waals surface area contributed by atoms with Gasteiger partial charge in [0.1, 0.15) is 11.3 Å². The number of carbonyl (C=O) groups excluding carboxylic acids is 2. The van der Waals surface area contributed by atoms with Crippen LogP contribution in [0.2, 0.25) is 0 Å². The number of nitrogens with zero attached hydrogens (tertiary/aromatic N) is 3. The second kappa shape index (κ2) is 6.54. The Hall–Kier alpha value is -2.15. The lowest BCUT2D eigenvalue weighted by molar-refractivity contribution is -0.127. The minimum absolute atomic E-state index is 0.0771. The van der Waals surface area contributed by atoms with E-state index in [1.54, 1.807) is 22.8 Å². The van der Waals surface area contributed by atoms with Crippen LogP contribution in [-0.2, 0) is 16.6 Å². The van der Waals surface area contributed by atoms with Crippen LogP contribution in [0.25, 0.3) is 10.6 Å². The molecule has 0 bridgehead atoms. The molecule has 1 aliphatic heterocycles. The fourth-order valence-electron chi connectivity index (χ4n) is 2.78. The number of esters is 1. The molecule has 0 aliphatic carbocycles. The molecule has 122 valence electrons. The maximum Gasteiger partial charge on any atom is 0.342 e. The Morgan fingerprint density at radius 1 is 1.52 bits per heavy atom. The van der Waals surface area contributed by atoms with E-state index in [1.807, 2.05) is 24.4 Å². The van der Waals surface area contributed by atoms with Crippen molar-refractivity contribution < 1.29 is 14.3 Å². The molecule has 0 saturated carbocycles. The molecular formula is C16H19N3O3S. The van der Waals surface area contributed by atoms with Gasteiger partial charge >= 0.3 is 5.97 Å². The highest BCUT2D eigenvalue weighted by molar-refractivity contribution is 7.13. The molecule has 1 saturated heterocycles. The van der Waals surface area contributed by atoms with Crippen LogP contribution < -0.4 is 0 Å². The van der Waals surface area contributed by atoms with Crippen molar-refractivity contribution in [2.75, 3.05) is 19.7 Å². The Labute approximate surface area is 138 Å². The van der Waals surface area contributed by atoms with Crippen molar-refractivity contribution >= 4 is 23.2 Å². The smallest absolute Gasteiger partial charge is 0.342 e. The third-order valence-electron chi connectivity index (χ3n) is 3.93. The molecule has 1 atom stereocenters. The highest BCUT2D eigenvalue weighted by atomic mass is 32.1. The number of hydrogen-bond acceptors (Lipinski definition) is 5. The monoisotopic (exact) mass is 333 g/mol. The van der Waals surface area contributed by atoms with Crippen LogP contribution in [-0.4, -0.2) is 46.3 Å². The molecule has 23 heavy (non-hydrogen) atoms. The normalized spacial score (nSPS) is 17.7. The largest absolute Gasteiger partial charge is 0.462 e. The third-order valence-corrected chi connectivity index (χ3v) is 4.81. The number of carbonyl (C=O) groups is 2. The topological polar surface area (TPSA) is 64.4 Å². The maximum absolute atomic E-state index is 12.4. The molecule has 0 aromatic carbocycles. The predicted molar refractivity (Wildman–Crippen MR) is 87.2 cm³/mol. The van der Waals surface area contributed by atoms with E-state index in [0.717, 1.165) is 4.88 Å². The minimum Gasteiger partial charge on any atom is -0.462 e. The molecule has 0 radical (unpaired) electrons. The molecule has 6 nitrogen and oxygen atoms in total. The summed E-state index contributed by atoms with van der Waals surface area (Å²) in [5.74, 6) is -0.175. The van der Waals surface area contributed by atoms with Gasteiger partial charge in [-0.25, -0.2) is 4.79 Å². The molecule has 3 heterocycles. The van der Waals surface area contributed by atoms with Crippen molar-refractivity contribution in [3.63, 3.8) is 0 Å². The summed E-state index contributed by atoms with van der Waals surface area (Å²) >= 11 is 1.53. The van der Waals surface area contributed by atoms with Crippen LogP contribution in [0.1, 0.15) is 23.7 Å². The average Bonchev–Trinajstić information content (AvgIpc) is 3.23. The Morgan fingerprint density at radius 2 is 2.35 bits per heavy atom. The summed E-state index contributed by atoms with van der Waals surface area (Å²) in [5, 5.41) is 6.30. The van der Waals surface area contributed by atoms with Gasteiger partial charge in [-0.15, -0.1) is 11.3 Å². The fraction of sp³-hybridized carbons (Fsp3) is 0.438. The zero-order valence-electron chi connectivity index (χ0n) is 13.2. The predicted octanol–water partition coefficient (Wildman–Crippen LogP) is 2.17. The second-order valence-electron chi connectivity index (χ2n) is 5.64. The molecule has 2 aromatic rings. The maximum atomic E-state index is 12.4. The Morgan fingerprint density at radius 3 is 3.00 bits per heavy atom. The summed E-state index contributed by atoms with van der Waals surface area (Å²) < 4.78 is 7.05. The summed E-state index contributed by atoms with van der Waals surface area (Å²) in [5.41, 5.74) is 1.11. The molecule has 1 amide bonds. The quantitative estimate of drug-likeness (QED) is 0.787. The second-order valence-corrected chi connectivity index (χ2v) is 6.59. The van der Waals surface area contributed by atoms with Gasteiger partial charge in [0, 0.05) is 38.7 Å². The van der Waals surface area contributed by atoms with Crippen molar-refractivity contribution in [3.8, 4) is 10.6 Å². The Balaban J connectivity index is 1.67. The van der Waals surface area contributed by atoms with Crippen molar-refractivity contribution in [2.24, 2.45) is 13.0 Å². The van der Waals surface area contributed by atoms with E-state index in [2.05, 4.69) is 5.10 Å². The van der Waals surface area contributed by atoms with Crippen LogP contribution in [0.5, 0.6) is 0 Å². The van der Waals surface area contributed by atoms with Gasteiger partial charge in [-0.05, 0) is 18.4 Å². The van der Waals surface area contributed by atoms with Gasteiger partial charge in [0.15, 0.2) is 0 Å². The molecule has 0 unspecified atom stereocenters. The lowest BCUT2D eigenvalue weighted by Crippen LogP contribution is -2.25. The average molecular weight is 333 g/mol. The molecule has 1 aliphatic rings. The van der Waals surface area contributed by atoms with Crippen LogP contribution in [0.15, 0.2) is 23.7 Å². The number of aryl methyl sites for hydroxylation is 1. The number of amides is 1. The van der Waals surface area contributed by atoms with Crippen LogP contribution in [0.3, 0.4) is 0 Å². The molecule has 7 heteroatoms. The number of aromatic nitrogens is 2. The lowest BCUT2D eigenvalue weighted by Gasteiger charge is -2.13. The SMILES string of the molecule is CCN1C[C@H](COC(=O)c2cn(C)nc2-c2cccs2)CC1=O. The Bertz CT molecular complexity index is 708. The minimum atomic E-state index is -0.385. The highest BCUT2D eigenvalue weighted by Crippen LogP contribution is 2.27. The van der Waals surface area contributed by atoms with E-state index in [-0.39, 0.29) is 24.4 Å². The molecule has 3 rings (SSSR count). The van der Waals surface area contributed by atoms with Crippen LogP contribution in [0.4, 0.5) is 0 Å². The van der Waals surface area contributed by atoms with Crippen molar-refractivity contribution in [1.29, 1.82) is 0 Å². The first-order valence-corrected chi connectivity index (χ1v) is 8.49. The number of rotatable bonds is 5. The van der Waals surface area contributed by atoms with E-state index < -0.39 is 0 Å². The zero-order chi connectivity index (χ0) is 16.4. The number of ether oxygens (including phenoxy) is 1. The lowest BCUT2D eigenvalue weighted by atomic mass is 10.1. The first-order valence-electron chi connectivity index (χ1n) is 7.61. The van der Waals surface area contributed by atoms with Gasteiger partial charge in [-0.2, -0.15) is 5.10 Å². The van der Waals surface area contributed by atoms with E-state index in [4.69, 9.17) is 4.74 Å². The third kappa shape index (κ3) is 3.29. The number of thiophene rings is 1. The molecule has 0 N–H and O–H groups in total. The van der Waals surface area contributed by atoms with Gasteiger partial charge in [0.25, 0.3) is 0 Å². The summed E-state index contributed by atoms with van der Waals surface area (Å²) in [6, 6.07) is 3.85. The van der Waals surface area contributed by atoms with Gasteiger partial charge in [0.05, 0.1) is 11.5 Å². The van der Waals surface area contributed by atoms with Crippen LogP contribution in [0, 0.1) is 5.92 Å². The number of hydrogen-bond donors (Lipinski definition) is 0. The Kier molecular flexibility index (Phi) is 4.47. The van der Waals surface area contributed by atoms with Gasteiger partial charge < -0.3 is 9.64 Å². The van der Waals surface area contributed by atoms with Crippen molar-refractivity contribution in [1.82, 2.24) is 14.7 Å². The van der Waals surface area contributed by atoms with E-state index in [9.17, 15) is 9.59 Å².